The standard InChI is InChI=1S/C18H10Cl6N2O2/c19-7-1-4-10(25)13(22)16(7)27-12-6-3-9(21)18(15(12)24)28-17-8(20)2-5-11(26)14(17)23/h1-6H,25-26H2. The van der Waals surface area contributed by atoms with E-state index in [0.29, 0.717) is 5.69 Å². The van der Waals surface area contributed by atoms with Gasteiger partial charge in [-0.15, -0.1) is 0 Å². The van der Waals surface area contributed by atoms with Gasteiger partial charge in [0.1, 0.15) is 20.8 Å². The molecule has 3 aromatic carbocycles. The smallest absolute Gasteiger partial charge is 0.168 e. The summed E-state index contributed by atoms with van der Waals surface area (Å²) in [6.45, 7) is 0. The molecule has 10 heteroatoms. The van der Waals surface area contributed by atoms with Crippen LogP contribution in [0.3, 0.4) is 0 Å². The number of benzene rings is 3. The van der Waals surface area contributed by atoms with Crippen molar-refractivity contribution in [3.05, 3.63) is 66.5 Å². The first kappa shape index (κ1) is 21.3. The van der Waals surface area contributed by atoms with Crippen molar-refractivity contribution >= 4 is 81.0 Å². The molecule has 0 heterocycles. The minimum absolute atomic E-state index is 0.0385. The van der Waals surface area contributed by atoms with E-state index in [1.165, 1.54) is 18.2 Å². The molecule has 0 amide bonds. The van der Waals surface area contributed by atoms with Gasteiger partial charge in [-0.05, 0) is 36.4 Å². The van der Waals surface area contributed by atoms with Gasteiger partial charge in [-0.3, -0.25) is 0 Å². The first-order valence-corrected chi connectivity index (χ1v) is 9.78. The normalized spacial score (nSPS) is 10.8. The zero-order chi connectivity index (χ0) is 20.6. The van der Waals surface area contributed by atoms with Crippen LogP contribution in [-0.2, 0) is 0 Å². The molecule has 0 unspecified atom stereocenters. The van der Waals surface area contributed by atoms with Crippen LogP contribution in [0.25, 0.3) is 0 Å². The van der Waals surface area contributed by atoms with Gasteiger partial charge in [0.2, 0.25) is 0 Å². The summed E-state index contributed by atoms with van der Waals surface area (Å²) in [6.07, 6.45) is 0. The second-order valence-corrected chi connectivity index (χ2v) is 7.81. The van der Waals surface area contributed by atoms with Crippen LogP contribution in [0.1, 0.15) is 0 Å². The van der Waals surface area contributed by atoms with E-state index in [2.05, 4.69) is 0 Å². The van der Waals surface area contributed by atoms with Crippen molar-refractivity contribution in [2.24, 2.45) is 0 Å². The summed E-state index contributed by atoms with van der Waals surface area (Å²) in [6, 6.07) is 9.22. The largest absolute Gasteiger partial charge is 0.452 e. The van der Waals surface area contributed by atoms with Crippen LogP contribution < -0.4 is 20.9 Å². The van der Waals surface area contributed by atoms with Crippen molar-refractivity contribution in [1.82, 2.24) is 0 Å². The number of nitrogen functional groups attached to an aromatic ring is 2. The van der Waals surface area contributed by atoms with Crippen LogP contribution in [0, 0.1) is 0 Å². The molecule has 0 aromatic heterocycles. The number of rotatable bonds is 4. The lowest BCUT2D eigenvalue weighted by Gasteiger charge is -2.17. The summed E-state index contributed by atoms with van der Waals surface area (Å²) >= 11 is 37.3. The molecule has 0 spiro atoms. The summed E-state index contributed by atoms with van der Waals surface area (Å²) in [4.78, 5) is 0. The highest BCUT2D eigenvalue weighted by molar-refractivity contribution is 6.40. The Hall–Kier alpha value is -1.40. The van der Waals surface area contributed by atoms with Crippen LogP contribution in [0.15, 0.2) is 36.4 Å². The molecular weight excluding hydrogens is 489 g/mol. The third-order valence-corrected chi connectivity index (χ3v) is 5.62. The maximum Gasteiger partial charge on any atom is 0.168 e. The van der Waals surface area contributed by atoms with E-state index in [0.717, 1.165) is 0 Å². The molecule has 146 valence electrons. The zero-order valence-electron chi connectivity index (χ0n) is 13.7. The Morgan fingerprint density at radius 2 is 0.893 bits per heavy atom. The Bertz CT molecular complexity index is 1070. The number of hydrogen-bond donors (Lipinski definition) is 2. The third kappa shape index (κ3) is 4.13. The Morgan fingerprint density at radius 3 is 1.39 bits per heavy atom. The molecule has 0 aliphatic carbocycles. The molecule has 3 rings (SSSR count). The van der Waals surface area contributed by atoms with Crippen molar-refractivity contribution in [3.63, 3.8) is 0 Å². The molecule has 28 heavy (non-hydrogen) atoms. The van der Waals surface area contributed by atoms with Crippen molar-refractivity contribution in [2.75, 3.05) is 11.5 Å². The van der Waals surface area contributed by atoms with Gasteiger partial charge in [0.25, 0.3) is 0 Å². The summed E-state index contributed by atoms with van der Waals surface area (Å²) in [5.74, 6) is 0.473. The second-order valence-electron chi connectivity index (χ2n) is 5.45. The van der Waals surface area contributed by atoms with Crippen molar-refractivity contribution in [3.8, 4) is 23.0 Å². The minimum Gasteiger partial charge on any atom is -0.452 e. The van der Waals surface area contributed by atoms with Crippen molar-refractivity contribution in [1.29, 1.82) is 0 Å². The zero-order valence-corrected chi connectivity index (χ0v) is 18.2. The molecule has 0 atom stereocenters. The van der Waals surface area contributed by atoms with Crippen molar-refractivity contribution < 1.29 is 9.47 Å². The minimum atomic E-state index is 0.0385. The first-order valence-electron chi connectivity index (χ1n) is 7.51. The molecule has 0 bridgehead atoms. The van der Waals surface area contributed by atoms with Crippen LogP contribution in [0.4, 0.5) is 11.4 Å². The molecular formula is C18H10Cl6N2O2. The van der Waals surface area contributed by atoms with E-state index in [9.17, 15) is 0 Å². The quantitative estimate of drug-likeness (QED) is 0.354. The Balaban J connectivity index is 2.05. The fraction of sp³-hybridized carbons (Fsp3) is 0. The van der Waals surface area contributed by atoms with Crippen LogP contribution in [0.2, 0.25) is 30.1 Å². The number of halogens is 6. The van der Waals surface area contributed by atoms with E-state index < -0.39 is 0 Å². The molecule has 3 aromatic rings. The van der Waals surface area contributed by atoms with Gasteiger partial charge in [0.15, 0.2) is 17.2 Å². The molecule has 0 saturated heterocycles. The molecule has 0 saturated carbocycles. The highest BCUT2D eigenvalue weighted by atomic mass is 35.5. The number of ether oxygens (including phenoxy) is 2. The monoisotopic (exact) mass is 496 g/mol. The lowest BCUT2D eigenvalue weighted by Crippen LogP contribution is -1.95. The van der Waals surface area contributed by atoms with E-state index >= 15 is 0 Å². The molecule has 0 radical (unpaired) electrons. The van der Waals surface area contributed by atoms with Gasteiger partial charge in [-0.1, -0.05) is 69.6 Å². The summed E-state index contributed by atoms with van der Waals surface area (Å²) in [7, 11) is 0. The predicted molar refractivity (Wildman–Crippen MR) is 118 cm³/mol. The number of nitrogens with two attached hydrogens (primary N) is 2. The Morgan fingerprint density at radius 1 is 0.500 bits per heavy atom. The van der Waals surface area contributed by atoms with Crippen LogP contribution in [0.5, 0.6) is 23.0 Å². The van der Waals surface area contributed by atoms with Crippen LogP contribution in [-0.4, -0.2) is 0 Å². The summed E-state index contributed by atoms with van der Waals surface area (Å²) in [5, 5.41) is 0.957. The molecule has 0 aliphatic rings. The van der Waals surface area contributed by atoms with Crippen LogP contribution >= 0.6 is 69.6 Å². The van der Waals surface area contributed by atoms with Gasteiger partial charge in [0, 0.05) is 0 Å². The molecule has 4 N–H and O–H groups in total. The van der Waals surface area contributed by atoms with Gasteiger partial charge < -0.3 is 20.9 Å². The molecule has 4 nitrogen and oxygen atoms in total. The lowest BCUT2D eigenvalue weighted by atomic mass is 10.2. The number of hydrogen-bond acceptors (Lipinski definition) is 4. The summed E-state index contributed by atoms with van der Waals surface area (Å²) in [5.41, 5.74) is 12.2. The SMILES string of the molecule is Nc1ccc(Cl)c(Oc2ccc(Cl)c(Oc3c(Cl)ccc(N)c3Cl)c2Cl)c1Cl. The second kappa shape index (κ2) is 8.54. The first-order chi connectivity index (χ1) is 13.2. The fourth-order valence-corrected chi connectivity index (χ4v) is 3.56. The number of anilines is 2. The third-order valence-electron chi connectivity index (χ3n) is 3.59. The fourth-order valence-electron chi connectivity index (χ4n) is 2.18. The van der Waals surface area contributed by atoms with Gasteiger partial charge in [-0.25, -0.2) is 0 Å². The highest BCUT2D eigenvalue weighted by Gasteiger charge is 2.20. The van der Waals surface area contributed by atoms with E-state index in [4.69, 9.17) is 90.5 Å². The average molecular weight is 499 g/mol. The van der Waals surface area contributed by atoms with Gasteiger partial charge in [-0.2, -0.15) is 0 Å². The highest BCUT2D eigenvalue weighted by Crippen LogP contribution is 2.49. The maximum atomic E-state index is 6.43. The lowest BCUT2D eigenvalue weighted by molar-refractivity contribution is 0.461. The Kier molecular flexibility index (Phi) is 6.50. The van der Waals surface area contributed by atoms with Gasteiger partial charge in [0.05, 0.1) is 26.4 Å². The van der Waals surface area contributed by atoms with Crippen molar-refractivity contribution in [2.45, 2.75) is 0 Å². The Labute approximate surface area is 190 Å². The van der Waals surface area contributed by atoms with E-state index in [1.807, 2.05) is 0 Å². The van der Waals surface area contributed by atoms with Gasteiger partial charge >= 0.3 is 0 Å². The summed E-state index contributed by atoms with van der Waals surface area (Å²) < 4.78 is 11.5. The predicted octanol–water partition coefficient (Wildman–Crippen LogP) is 8.36. The topological polar surface area (TPSA) is 70.5 Å². The molecule has 0 aliphatic heterocycles. The van der Waals surface area contributed by atoms with E-state index in [1.54, 1.807) is 18.2 Å². The van der Waals surface area contributed by atoms with E-state index in [-0.39, 0.29) is 58.8 Å². The molecule has 0 fully saturated rings. The average Bonchev–Trinajstić information content (AvgIpc) is 2.66. The maximum absolute atomic E-state index is 6.43.